The molecule has 37 heavy (non-hydrogen) atoms. The molecule has 0 radical (unpaired) electrons. The summed E-state index contributed by atoms with van der Waals surface area (Å²) in [5, 5.41) is 14.1. The number of hydrogen-bond acceptors (Lipinski definition) is 7. The molecule has 1 atom stereocenters. The second kappa shape index (κ2) is 9.69. The number of anilines is 2. The molecule has 2 aliphatic heterocycles. The van der Waals surface area contributed by atoms with Crippen molar-refractivity contribution in [1.82, 2.24) is 0 Å². The van der Waals surface area contributed by atoms with Gasteiger partial charge in [-0.3, -0.25) is 19.3 Å². The van der Waals surface area contributed by atoms with E-state index in [1.165, 1.54) is 18.9 Å². The van der Waals surface area contributed by atoms with E-state index in [0.717, 1.165) is 0 Å². The molecule has 0 aromatic heterocycles. The molecule has 2 aliphatic rings. The fourth-order valence-electron chi connectivity index (χ4n) is 4.57. The zero-order valence-electron chi connectivity index (χ0n) is 20.2. The third-order valence-electron chi connectivity index (χ3n) is 6.14. The largest absolute Gasteiger partial charge is 0.507 e. The molecular weight excluding hydrogens is 476 g/mol. The number of amides is 2. The number of rotatable bonds is 5. The Morgan fingerprint density at radius 1 is 1.00 bits per heavy atom. The maximum absolute atomic E-state index is 13.5. The Kier molecular flexibility index (Phi) is 6.27. The van der Waals surface area contributed by atoms with Crippen LogP contribution in [0.2, 0.25) is 0 Å². The summed E-state index contributed by atoms with van der Waals surface area (Å²) in [5.41, 5.74) is 1.53. The van der Waals surface area contributed by atoms with Crippen LogP contribution in [0.5, 0.6) is 17.2 Å². The lowest BCUT2D eigenvalue weighted by atomic mass is 9.94. The van der Waals surface area contributed by atoms with Crippen LogP contribution in [0.3, 0.4) is 0 Å². The van der Waals surface area contributed by atoms with Crippen molar-refractivity contribution >= 4 is 34.7 Å². The van der Waals surface area contributed by atoms with E-state index in [1.807, 2.05) is 0 Å². The minimum absolute atomic E-state index is 0.101. The number of carbonyl (C=O) groups is 3. The number of aliphatic hydroxyl groups is 1. The first-order chi connectivity index (χ1) is 17.9. The van der Waals surface area contributed by atoms with Crippen molar-refractivity contribution in [3.63, 3.8) is 0 Å². The second-order valence-electron chi connectivity index (χ2n) is 8.50. The van der Waals surface area contributed by atoms with Gasteiger partial charge in [0.1, 0.15) is 24.7 Å². The predicted molar refractivity (Wildman–Crippen MR) is 136 cm³/mol. The van der Waals surface area contributed by atoms with Crippen LogP contribution in [-0.2, 0) is 14.4 Å². The van der Waals surface area contributed by atoms with Gasteiger partial charge < -0.3 is 24.6 Å². The minimum Gasteiger partial charge on any atom is -0.507 e. The predicted octanol–water partition coefficient (Wildman–Crippen LogP) is 4.05. The average Bonchev–Trinajstić information content (AvgIpc) is 3.17. The summed E-state index contributed by atoms with van der Waals surface area (Å²) < 4.78 is 16.7. The number of ketones is 1. The Balaban J connectivity index is 1.70. The van der Waals surface area contributed by atoms with Gasteiger partial charge in [0.2, 0.25) is 5.91 Å². The highest BCUT2D eigenvalue weighted by atomic mass is 16.6. The summed E-state index contributed by atoms with van der Waals surface area (Å²) in [6.07, 6.45) is 0. The molecule has 0 saturated carbocycles. The maximum Gasteiger partial charge on any atom is 0.300 e. The molecule has 2 heterocycles. The first kappa shape index (κ1) is 23.9. The fourth-order valence-corrected chi connectivity index (χ4v) is 4.57. The van der Waals surface area contributed by atoms with Crippen molar-refractivity contribution in [1.29, 1.82) is 0 Å². The number of nitrogens with one attached hydrogen (secondary N) is 1. The molecule has 0 bridgehead atoms. The SMILES string of the molecule is COc1ccccc1C1/C(=C(\O)c2ccc3c(c2)OCCO3)C(=O)C(=O)N1c1cccc(NC(C)=O)c1. The molecular formula is C28H24N2O7. The van der Waals surface area contributed by atoms with Crippen LogP contribution in [0.4, 0.5) is 11.4 Å². The lowest BCUT2D eigenvalue weighted by Gasteiger charge is -2.27. The third kappa shape index (κ3) is 4.35. The van der Waals surface area contributed by atoms with Crippen molar-refractivity contribution < 1.29 is 33.7 Å². The number of aliphatic hydroxyl groups excluding tert-OH is 1. The van der Waals surface area contributed by atoms with Gasteiger partial charge in [0, 0.05) is 29.4 Å². The first-order valence-electron chi connectivity index (χ1n) is 11.6. The molecule has 3 aromatic rings. The number of nitrogens with zero attached hydrogens (tertiary/aromatic N) is 1. The molecule has 1 saturated heterocycles. The molecule has 1 unspecified atom stereocenters. The van der Waals surface area contributed by atoms with Crippen LogP contribution in [0, 0.1) is 0 Å². The van der Waals surface area contributed by atoms with E-state index in [1.54, 1.807) is 66.7 Å². The molecule has 0 spiro atoms. The quantitative estimate of drug-likeness (QED) is 0.309. The van der Waals surface area contributed by atoms with E-state index in [0.29, 0.717) is 53.0 Å². The second-order valence-corrected chi connectivity index (χ2v) is 8.50. The van der Waals surface area contributed by atoms with Gasteiger partial charge in [0.05, 0.1) is 18.7 Å². The van der Waals surface area contributed by atoms with Gasteiger partial charge in [-0.05, 0) is 42.5 Å². The zero-order valence-corrected chi connectivity index (χ0v) is 20.2. The summed E-state index contributed by atoms with van der Waals surface area (Å²) in [6.45, 7) is 2.14. The fraction of sp³-hybridized carbons (Fsp3) is 0.179. The molecule has 2 N–H and O–H groups in total. The summed E-state index contributed by atoms with van der Waals surface area (Å²) in [6, 6.07) is 17.4. The Bertz CT molecular complexity index is 1450. The Morgan fingerprint density at radius 2 is 1.76 bits per heavy atom. The highest BCUT2D eigenvalue weighted by Gasteiger charge is 2.48. The summed E-state index contributed by atoms with van der Waals surface area (Å²) >= 11 is 0. The number of para-hydroxylation sites is 1. The number of ether oxygens (including phenoxy) is 3. The van der Waals surface area contributed by atoms with Crippen LogP contribution in [0.1, 0.15) is 24.1 Å². The van der Waals surface area contributed by atoms with Crippen LogP contribution in [0.15, 0.2) is 72.3 Å². The Hall–Kier alpha value is -4.79. The summed E-state index contributed by atoms with van der Waals surface area (Å²) in [4.78, 5) is 39.8. The van der Waals surface area contributed by atoms with Gasteiger partial charge >= 0.3 is 0 Å². The maximum atomic E-state index is 13.5. The normalized spacial score (nSPS) is 18.0. The van der Waals surface area contributed by atoms with Crippen molar-refractivity contribution in [2.75, 3.05) is 30.5 Å². The third-order valence-corrected chi connectivity index (χ3v) is 6.14. The number of hydrogen-bond donors (Lipinski definition) is 2. The lowest BCUT2D eigenvalue weighted by Crippen LogP contribution is -2.29. The van der Waals surface area contributed by atoms with Crippen LogP contribution in [-0.4, -0.2) is 43.0 Å². The highest BCUT2D eigenvalue weighted by Crippen LogP contribution is 2.45. The molecule has 9 heteroatoms. The zero-order chi connectivity index (χ0) is 26.1. The van der Waals surface area contributed by atoms with Gasteiger partial charge in [-0.25, -0.2) is 0 Å². The highest BCUT2D eigenvalue weighted by molar-refractivity contribution is 6.51. The molecule has 1 fully saturated rings. The minimum atomic E-state index is -1.00. The van der Waals surface area contributed by atoms with Crippen molar-refractivity contribution in [2.24, 2.45) is 0 Å². The Morgan fingerprint density at radius 3 is 2.51 bits per heavy atom. The molecule has 3 aromatic carbocycles. The van der Waals surface area contributed by atoms with Crippen LogP contribution < -0.4 is 24.4 Å². The van der Waals surface area contributed by atoms with Crippen LogP contribution >= 0.6 is 0 Å². The number of benzene rings is 3. The van der Waals surface area contributed by atoms with Crippen molar-refractivity contribution in [3.8, 4) is 17.2 Å². The summed E-state index contributed by atoms with van der Waals surface area (Å²) in [5.74, 6) is -0.916. The van der Waals surface area contributed by atoms with Gasteiger partial charge in [-0.1, -0.05) is 24.3 Å². The molecule has 0 aliphatic carbocycles. The monoisotopic (exact) mass is 500 g/mol. The molecule has 2 amide bonds. The Labute approximate surface area is 212 Å². The standard InChI is InChI=1S/C28H24N2O7/c1-16(31)29-18-6-5-7-19(15-18)30-25(20-8-3-4-9-21(20)35-2)24(27(33)28(30)34)26(32)17-10-11-22-23(14-17)37-13-12-36-22/h3-11,14-15,25,32H,12-13H2,1-2H3,(H,29,31)/b26-24+. The van der Waals surface area contributed by atoms with Gasteiger partial charge in [-0.2, -0.15) is 0 Å². The number of methoxy groups -OCH3 is 1. The molecule has 5 rings (SSSR count). The van der Waals surface area contributed by atoms with Crippen molar-refractivity contribution in [2.45, 2.75) is 13.0 Å². The first-order valence-corrected chi connectivity index (χ1v) is 11.6. The van der Waals surface area contributed by atoms with E-state index >= 15 is 0 Å². The van der Waals surface area contributed by atoms with Crippen molar-refractivity contribution in [3.05, 3.63) is 83.4 Å². The van der Waals surface area contributed by atoms with E-state index in [-0.39, 0.29) is 17.2 Å². The van der Waals surface area contributed by atoms with Gasteiger partial charge in [0.15, 0.2) is 11.5 Å². The van der Waals surface area contributed by atoms with E-state index < -0.39 is 17.7 Å². The van der Waals surface area contributed by atoms with Gasteiger partial charge in [0.25, 0.3) is 11.7 Å². The number of carbonyl (C=O) groups excluding carboxylic acids is 3. The van der Waals surface area contributed by atoms with E-state index in [2.05, 4.69) is 5.32 Å². The number of Topliss-reactive ketones (excluding diaryl/α,β-unsaturated/α-hetero) is 1. The van der Waals surface area contributed by atoms with E-state index in [9.17, 15) is 19.5 Å². The molecule has 188 valence electrons. The van der Waals surface area contributed by atoms with E-state index in [4.69, 9.17) is 14.2 Å². The topological polar surface area (TPSA) is 114 Å². The van der Waals surface area contributed by atoms with Gasteiger partial charge in [-0.15, -0.1) is 0 Å². The summed E-state index contributed by atoms with van der Waals surface area (Å²) in [7, 11) is 1.49. The lowest BCUT2D eigenvalue weighted by molar-refractivity contribution is -0.132. The number of fused-ring (bicyclic) bond motifs is 1. The van der Waals surface area contributed by atoms with Crippen LogP contribution in [0.25, 0.3) is 5.76 Å². The average molecular weight is 501 g/mol. The molecule has 9 nitrogen and oxygen atoms in total. The smallest absolute Gasteiger partial charge is 0.300 e.